The lowest BCUT2D eigenvalue weighted by atomic mass is 10.2. The van der Waals surface area contributed by atoms with Crippen molar-refractivity contribution in [2.24, 2.45) is 27.0 Å². The van der Waals surface area contributed by atoms with Gasteiger partial charge in [-0.05, 0) is 42.0 Å². The molecular formula is C14H14N6O. The van der Waals surface area contributed by atoms with Crippen LogP contribution >= 0.6 is 0 Å². The van der Waals surface area contributed by atoms with E-state index in [-0.39, 0.29) is 0 Å². The fraction of sp³-hybridized carbons (Fsp3) is 0. The average molecular weight is 282 g/mol. The SMILES string of the molecule is NN=Cc1ccc(N=NNc2ccc(C(N)=O)cc2)cc1. The standard InChI is InChI=1S/C14H14N6O/c15-14(21)11-3-7-13(8-4-11)19-20-18-12-5-1-10(2-6-12)9-17-16/h1-9H,16H2,(H2,15,21)(H,18,19). The maximum atomic E-state index is 10.9. The molecule has 5 N–H and O–H groups in total. The second-order valence-electron chi connectivity index (χ2n) is 4.12. The Labute approximate surface area is 121 Å². The van der Waals surface area contributed by atoms with Crippen LogP contribution in [0.25, 0.3) is 0 Å². The first-order valence-electron chi connectivity index (χ1n) is 6.09. The van der Waals surface area contributed by atoms with Crippen molar-refractivity contribution in [3.63, 3.8) is 0 Å². The number of nitrogens with one attached hydrogen (secondary N) is 1. The summed E-state index contributed by atoms with van der Waals surface area (Å²) in [7, 11) is 0. The Balaban J connectivity index is 1.96. The number of hydrogen-bond donors (Lipinski definition) is 3. The van der Waals surface area contributed by atoms with E-state index in [1.807, 2.05) is 12.1 Å². The Hall–Kier alpha value is -3.22. The van der Waals surface area contributed by atoms with E-state index in [9.17, 15) is 4.79 Å². The van der Waals surface area contributed by atoms with Crippen LogP contribution in [0.3, 0.4) is 0 Å². The summed E-state index contributed by atoms with van der Waals surface area (Å²) >= 11 is 0. The molecule has 1 amide bonds. The summed E-state index contributed by atoms with van der Waals surface area (Å²) in [5, 5.41) is 11.3. The fourth-order valence-electron chi connectivity index (χ4n) is 1.56. The number of primary amides is 1. The van der Waals surface area contributed by atoms with Crippen molar-refractivity contribution in [3.8, 4) is 0 Å². The second-order valence-corrected chi connectivity index (χ2v) is 4.12. The molecule has 0 saturated heterocycles. The van der Waals surface area contributed by atoms with Gasteiger partial charge < -0.3 is 11.6 Å². The maximum Gasteiger partial charge on any atom is 0.248 e. The number of nitrogens with zero attached hydrogens (tertiary/aromatic N) is 3. The third-order valence-electron chi connectivity index (χ3n) is 2.63. The number of amides is 1. The van der Waals surface area contributed by atoms with Crippen molar-refractivity contribution < 1.29 is 4.79 Å². The molecule has 0 saturated carbocycles. The lowest BCUT2D eigenvalue weighted by Gasteiger charge is -2.00. The van der Waals surface area contributed by atoms with Gasteiger partial charge in [-0.25, -0.2) is 0 Å². The van der Waals surface area contributed by atoms with Gasteiger partial charge in [0.05, 0.1) is 17.6 Å². The molecular weight excluding hydrogens is 268 g/mol. The molecule has 2 aromatic carbocycles. The average Bonchev–Trinajstić information content (AvgIpc) is 2.50. The molecule has 0 radical (unpaired) electrons. The summed E-state index contributed by atoms with van der Waals surface area (Å²) in [5.74, 6) is 4.59. The Morgan fingerprint density at radius 2 is 1.71 bits per heavy atom. The van der Waals surface area contributed by atoms with Crippen molar-refractivity contribution in [2.45, 2.75) is 0 Å². The highest BCUT2D eigenvalue weighted by molar-refractivity contribution is 5.93. The lowest BCUT2D eigenvalue weighted by molar-refractivity contribution is 0.100. The number of carbonyl (C=O) groups is 1. The third-order valence-corrected chi connectivity index (χ3v) is 2.63. The van der Waals surface area contributed by atoms with Gasteiger partial charge in [-0.2, -0.15) is 5.10 Å². The van der Waals surface area contributed by atoms with Crippen LogP contribution in [0, 0.1) is 0 Å². The minimum atomic E-state index is -0.468. The molecule has 7 nitrogen and oxygen atoms in total. The molecule has 7 heteroatoms. The summed E-state index contributed by atoms with van der Waals surface area (Å²) in [5.41, 5.74) is 10.6. The van der Waals surface area contributed by atoms with Gasteiger partial charge in [-0.1, -0.05) is 17.4 Å². The van der Waals surface area contributed by atoms with Gasteiger partial charge in [0.15, 0.2) is 0 Å². The molecule has 0 bridgehead atoms. The van der Waals surface area contributed by atoms with Crippen molar-refractivity contribution in [2.75, 3.05) is 5.43 Å². The van der Waals surface area contributed by atoms with Gasteiger partial charge in [0.1, 0.15) is 0 Å². The molecule has 0 atom stereocenters. The maximum absolute atomic E-state index is 10.9. The number of hydrazone groups is 1. The highest BCUT2D eigenvalue weighted by Crippen LogP contribution is 2.14. The predicted octanol–water partition coefficient (Wildman–Crippen LogP) is 2.19. The number of hydrogen-bond acceptors (Lipinski definition) is 5. The van der Waals surface area contributed by atoms with Gasteiger partial charge in [0.25, 0.3) is 0 Å². The Bertz CT molecular complexity index is 661. The van der Waals surface area contributed by atoms with Crippen molar-refractivity contribution >= 4 is 23.5 Å². The first-order valence-corrected chi connectivity index (χ1v) is 6.09. The topological polar surface area (TPSA) is 118 Å². The van der Waals surface area contributed by atoms with Gasteiger partial charge in [0, 0.05) is 5.56 Å². The molecule has 0 aliphatic heterocycles. The van der Waals surface area contributed by atoms with Gasteiger partial charge in [0.2, 0.25) is 5.91 Å². The molecule has 0 aliphatic rings. The van der Waals surface area contributed by atoms with E-state index in [0.29, 0.717) is 16.9 Å². The zero-order chi connectivity index (χ0) is 15.1. The van der Waals surface area contributed by atoms with E-state index in [2.05, 4.69) is 20.9 Å². The van der Waals surface area contributed by atoms with E-state index >= 15 is 0 Å². The molecule has 0 aliphatic carbocycles. The highest BCUT2D eigenvalue weighted by atomic mass is 16.1. The molecule has 0 heterocycles. The van der Waals surface area contributed by atoms with E-state index < -0.39 is 5.91 Å². The molecule has 106 valence electrons. The summed E-state index contributed by atoms with van der Waals surface area (Å²) < 4.78 is 0. The Kier molecular flexibility index (Phi) is 4.60. The van der Waals surface area contributed by atoms with Crippen LogP contribution in [-0.2, 0) is 0 Å². The van der Waals surface area contributed by atoms with E-state index in [0.717, 1.165) is 5.56 Å². The Morgan fingerprint density at radius 1 is 1.05 bits per heavy atom. The van der Waals surface area contributed by atoms with Crippen molar-refractivity contribution in [3.05, 3.63) is 59.7 Å². The minimum Gasteiger partial charge on any atom is -0.366 e. The van der Waals surface area contributed by atoms with Crippen LogP contribution in [0.5, 0.6) is 0 Å². The minimum absolute atomic E-state index is 0.439. The number of rotatable bonds is 5. The molecule has 21 heavy (non-hydrogen) atoms. The van der Waals surface area contributed by atoms with Gasteiger partial charge in [-0.15, -0.1) is 5.11 Å². The normalized spacial score (nSPS) is 11.0. The third kappa shape index (κ3) is 4.13. The van der Waals surface area contributed by atoms with Crippen LogP contribution in [0.15, 0.2) is 64.0 Å². The number of anilines is 1. The summed E-state index contributed by atoms with van der Waals surface area (Å²) in [4.78, 5) is 10.9. The zero-order valence-electron chi connectivity index (χ0n) is 11.1. The van der Waals surface area contributed by atoms with Crippen LogP contribution in [0.2, 0.25) is 0 Å². The smallest absolute Gasteiger partial charge is 0.248 e. The fourth-order valence-corrected chi connectivity index (χ4v) is 1.56. The van der Waals surface area contributed by atoms with Crippen LogP contribution in [0.4, 0.5) is 11.4 Å². The quantitative estimate of drug-likeness (QED) is 0.337. The first-order chi connectivity index (χ1) is 10.2. The summed E-state index contributed by atoms with van der Waals surface area (Å²) in [6, 6.07) is 13.8. The number of carbonyl (C=O) groups excluding carboxylic acids is 1. The van der Waals surface area contributed by atoms with E-state index in [4.69, 9.17) is 11.6 Å². The zero-order valence-corrected chi connectivity index (χ0v) is 11.1. The lowest BCUT2D eigenvalue weighted by Crippen LogP contribution is -2.10. The second kappa shape index (κ2) is 6.80. The van der Waals surface area contributed by atoms with Gasteiger partial charge >= 0.3 is 0 Å². The Morgan fingerprint density at radius 3 is 2.29 bits per heavy atom. The van der Waals surface area contributed by atoms with Gasteiger partial charge in [-0.3, -0.25) is 10.2 Å². The van der Waals surface area contributed by atoms with Crippen LogP contribution in [0.1, 0.15) is 15.9 Å². The van der Waals surface area contributed by atoms with E-state index in [1.54, 1.807) is 42.6 Å². The predicted molar refractivity (Wildman–Crippen MR) is 81.3 cm³/mol. The number of nitrogens with two attached hydrogens (primary N) is 2. The summed E-state index contributed by atoms with van der Waals surface area (Å²) in [6.45, 7) is 0. The van der Waals surface area contributed by atoms with Crippen molar-refractivity contribution in [1.29, 1.82) is 0 Å². The van der Waals surface area contributed by atoms with Crippen LogP contribution < -0.4 is 17.0 Å². The van der Waals surface area contributed by atoms with Crippen LogP contribution in [-0.4, -0.2) is 12.1 Å². The van der Waals surface area contributed by atoms with Crippen molar-refractivity contribution in [1.82, 2.24) is 0 Å². The number of benzene rings is 2. The summed E-state index contributed by atoms with van der Waals surface area (Å²) in [6.07, 6.45) is 1.54. The first kappa shape index (κ1) is 14.2. The monoisotopic (exact) mass is 282 g/mol. The largest absolute Gasteiger partial charge is 0.366 e. The molecule has 0 unspecified atom stereocenters. The molecule has 0 fully saturated rings. The molecule has 2 rings (SSSR count). The van der Waals surface area contributed by atoms with E-state index in [1.165, 1.54) is 0 Å². The molecule has 0 spiro atoms. The highest BCUT2D eigenvalue weighted by Gasteiger charge is 1.98. The molecule has 0 aromatic heterocycles. The molecule has 2 aromatic rings.